The second-order valence-corrected chi connectivity index (χ2v) is 4.36. The highest BCUT2D eigenvalue weighted by molar-refractivity contribution is 6.29. The van der Waals surface area contributed by atoms with Crippen molar-refractivity contribution in [1.29, 1.82) is 0 Å². The molecule has 0 amide bonds. The molecule has 0 unspecified atom stereocenters. The van der Waals surface area contributed by atoms with Crippen LogP contribution < -0.4 is 0 Å². The van der Waals surface area contributed by atoms with Crippen LogP contribution in [0.2, 0.25) is 5.15 Å². The Bertz CT molecular complexity index is 458. The van der Waals surface area contributed by atoms with Gasteiger partial charge in [0.1, 0.15) is 16.6 Å². The molecule has 0 bridgehead atoms. The summed E-state index contributed by atoms with van der Waals surface area (Å²) in [6, 6.07) is 1.12. The number of aliphatic hydroxyl groups is 1. The van der Waals surface area contributed by atoms with E-state index < -0.39 is 11.4 Å². The van der Waals surface area contributed by atoms with Crippen molar-refractivity contribution in [1.82, 2.24) is 4.98 Å². The lowest BCUT2D eigenvalue weighted by atomic mass is 10.0. The molecule has 0 aliphatic heterocycles. The summed E-state index contributed by atoms with van der Waals surface area (Å²) in [6.45, 7) is 0. The summed E-state index contributed by atoms with van der Waals surface area (Å²) in [5.41, 5.74) is -0.781. The second kappa shape index (κ2) is 4.40. The van der Waals surface area contributed by atoms with Gasteiger partial charge in [-0.3, -0.25) is 0 Å². The fourth-order valence-corrected chi connectivity index (χ4v) is 1.91. The molecule has 2 rings (SSSR count). The second-order valence-electron chi connectivity index (χ2n) is 3.98. The summed E-state index contributed by atoms with van der Waals surface area (Å²) in [5.74, 6) is 4.84. The van der Waals surface area contributed by atoms with Crippen molar-refractivity contribution in [2.75, 3.05) is 0 Å². The van der Waals surface area contributed by atoms with Crippen molar-refractivity contribution in [2.24, 2.45) is 0 Å². The molecule has 0 radical (unpaired) electrons. The predicted octanol–water partition coefficient (Wildman–Crippen LogP) is 2.53. The summed E-state index contributed by atoms with van der Waals surface area (Å²) in [7, 11) is 0. The summed E-state index contributed by atoms with van der Waals surface area (Å²) in [4.78, 5) is 3.75. The van der Waals surface area contributed by atoms with E-state index in [-0.39, 0.29) is 10.7 Å². The first-order valence-electron chi connectivity index (χ1n) is 5.16. The maximum absolute atomic E-state index is 13.3. The number of pyridine rings is 1. The van der Waals surface area contributed by atoms with E-state index in [9.17, 15) is 9.50 Å². The zero-order chi connectivity index (χ0) is 11.6. The Labute approximate surface area is 98.5 Å². The number of aromatic nitrogens is 1. The Morgan fingerprint density at radius 3 is 2.75 bits per heavy atom. The van der Waals surface area contributed by atoms with Gasteiger partial charge in [0.05, 0.1) is 5.56 Å². The SMILES string of the molecule is OC1(C#Cc2cnc(Cl)cc2F)CCCC1. The molecule has 0 saturated heterocycles. The van der Waals surface area contributed by atoms with Gasteiger partial charge in [-0.1, -0.05) is 23.4 Å². The maximum Gasteiger partial charge on any atom is 0.143 e. The average molecular weight is 240 g/mol. The van der Waals surface area contributed by atoms with E-state index in [0.29, 0.717) is 12.8 Å². The molecule has 1 saturated carbocycles. The number of hydrogen-bond donors (Lipinski definition) is 1. The van der Waals surface area contributed by atoms with Gasteiger partial charge in [-0.25, -0.2) is 9.37 Å². The molecule has 1 aromatic rings. The first-order valence-corrected chi connectivity index (χ1v) is 5.53. The van der Waals surface area contributed by atoms with Crippen LogP contribution in [-0.2, 0) is 0 Å². The van der Waals surface area contributed by atoms with Gasteiger partial charge in [0.15, 0.2) is 0 Å². The fraction of sp³-hybridized carbons (Fsp3) is 0.417. The molecule has 84 valence electrons. The van der Waals surface area contributed by atoms with E-state index in [4.69, 9.17) is 11.6 Å². The van der Waals surface area contributed by atoms with Crippen molar-refractivity contribution in [3.63, 3.8) is 0 Å². The van der Waals surface area contributed by atoms with Crippen LogP contribution in [0.1, 0.15) is 31.2 Å². The lowest BCUT2D eigenvalue weighted by molar-refractivity contribution is 0.110. The number of nitrogens with zero attached hydrogens (tertiary/aromatic N) is 1. The molecular formula is C12H11ClFNO. The normalized spacial score (nSPS) is 17.9. The van der Waals surface area contributed by atoms with Crippen LogP contribution in [0.4, 0.5) is 4.39 Å². The molecule has 1 fully saturated rings. The van der Waals surface area contributed by atoms with Crippen molar-refractivity contribution in [3.8, 4) is 11.8 Å². The van der Waals surface area contributed by atoms with Crippen molar-refractivity contribution in [3.05, 3.63) is 28.8 Å². The van der Waals surface area contributed by atoms with Gasteiger partial charge in [0.2, 0.25) is 0 Å². The minimum Gasteiger partial charge on any atom is -0.378 e. The summed E-state index contributed by atoms with van der Waals surface area (Å²) in [5, 5.41) is 10.1. The van der Waals surface area contributed by atoms with Gasteiger partial charge in [-0.05, 0) is 25.7 Å². The minimum absolute atomic E-state index is 0.0997. The molecule has 1 heterocycles. The van der Waals surface area contributed by atoms with Gasteiger partial charge >= 0.3 is 0 Å². The number of hydrogen-bond acceptors (Lipinski definition) is 2. The van der Waals surface area contributed by atoms with Gasteiger partial charge in [-0.15, -0.1) is 0 Å². The monoisotopic (exact) mass is 239 g/mol. The Hall–Kier alpha value is -1.11. The fourth-order valence-electron chi connectivity index (χ4n) is 1.77. The Balaban J connectivity index is 2.23. The molecule has 16 heavy (non-hydrogen) atoms. The Morgan fingerprint density at radius 1 is 1.44 bits per heavy atom. The zero-order valence-corrected chi connectivity index (χ0v) is 9.39. The highest BCUT2D eigenvalue weighted by Gasteiger charge is 2.28. The first kappa shape index (κ1) is 11.4. The molecule has 0 atom stereocenters. The molecule has 1 N–H and O–H groups in total. The van der Waals surface area contributed by atoms with Gasteiger partial charge in [0.25, 0.3) is 0 Å². The molecule has 2 nitrogen and oxygen atoms in total. The first-order chi connectivity index (χ1) is 7.59. The van der Waals surface area contributed by atoms with Crippen LogP contribution in [0.5, 0.6) is 0 Å². The number of halogens is 2. The lowest BCUT2D eigenvalue weighted by Gasteiger charge is -2.12. The van der Waals surface area contributed by atoms with Crippen molar-refractivity contribution >= 4 is 11.6 Å². The molecule has 1 aliphatic rings. The predicted molar refractivity (Wildman–Crippen MR) is 59.5 cm³/mol. The van der Waals surface area contributed by atoms with Crippen LogP contribution in [-0.4, -0.2) is 15.7 Å². The quantitative estimate of drug-likeness (QED) is 0.558. The molecule has 4 heteroatoms. The van der Waals surface area contributed by atoms with Crippen molar-refractivity contribution in [2.45, 2.75) is 31.3 Å². The third-order valence-corrected chi connectivity index (χ3v) is 2.89. The molecule has 0 aromatic carbocycles. The van der Waals surface area contributed by atoms with E-state index in [1.165, 1.54) is 6.20 Å². The molecule has 0 spiro atoms. The summed E-state index contributed by atoms with van der Waals surface area (Å²) in [6.07, 6.45) is 4.52. The highest BCUT2D eigenvalue weighted by atomic mass is 35.5. The van der Waals surface area contributed by atoms with E-state index >= 15 is 0 Å². The van der Waals surface area contributed by atoms with E-state index in [1.807, 2.05) is 0 Å². The van der Waals surface area contributed by atoms with Crippen LogP contribution in [0.15, 0.2) is 12.3 Å². The third-order valence-electron chi connectivity index (χ3n) is 2.68. The maximum atomic E-state index is 13.3. The molecule has 1 aromatic heterocycles. The summed E-state index contributed by atoms with van der Waals surface area (Å²) >= 11 is 5.52. The third kappa shape index (κ3) is 2.52. The zero-order valence-electron chi connectivity index (χ0n) is 8.63. The van der Waals surface area contributed by atoms with E-state index in [1.54, 1.807) is 0 Å². The Morgan fingerprint density at radius 2 is 2.12 bits per heavy atom. The van der Waals surface area contributed by atoms with Gasteiger partial charge in [-0.2, -0.15) is 0 Å². The number of rotatable bonds is 0. The van der Waals surface area contributed by atoms with Crippen LogP contribution in [0.3, 0.4) is 0 Å². The topological polar surface area (TPSA) is 33.1 Å². The lowest BCUT2D eigenvalue weighted by Crippen LogP contribution is -2.20. The minimum atomic E-state index is -0.952. The smallest absolute Gasteiger partial charge is 0.143 e. The van der Waals surface area contributed by atoms with Gasteiger partial charge < -0.3 is 5.11 Å². The van der Waals surface area contributed by atoms with Crippen LogP contribution in [0, 0.1) is 17.7 Å². The van der Waals surface area contributed by atoms with E-state index in [2.05, 4.69) is 16.8 Å². The van der Waals surface area contributed by atoms with Crippen LogP contribution >= 0.6 is 11.6 Å². The largest absolute Gasteiger partial charge is 0.378 e. The Kier molecular flexibility index (Phi) is 3.13. The van der Waals surface area contributed by atoms with Crippen molar-refractivity contribution < 1.29 is 9.50 Å². The highest BCUT2D eigenvalue weighted by Crippen LogP contribution is 2.28. The molecule has 1 aliphatic carbocycles. The van der Waals surface area contributed by atoms with E-state index in [0.717, 1.165) is 18.9 Å². The summed E-state index contributed by atoms with van der Waals surface area (Å²) < 4.78 is 13.3. The molecular weight excluding hydrogens is 229 g/mol. The average Bonchev–Trinajstić information content (AvgIpc) is 2.64. The van der Waals surface area contributed by atoms with Gasteiger partial charge in [0, 0.05) is 12.3 Å². The van der Waals surface area contributed by atoms with Crippen LogP contribution in [0.25, 0.3) is 0 Å². The standard InChI is InChI=1S/C12H11ClFNO/c13-11-7-10(14)9(8-15-11)3-6-12(16)4-1-2-5-12/h7-8,16H,1-2,4-5H2.